The SMILES string of the molecule is CNC(C)c1cccc2c1ccn2C(C)C. The average Bonchev–Trinajstić information content (AvgIpc) is 2.71. The number of rotatable bonds is 3. The smallest absolute Gasteiger partial charge is 0.0486 e. The Bertz CT molecular complexity index is 482. The summed E-state index contributed by atoms with van der Waals surface area (Å²) in [5, 5.41) is 4.66. The minimum atomic E-state index is 0.395. The molecule has 0 aliphatic heterocycles. The van der Waals surface area contributed by atoms with Crippen LogP contribution in [0.2, 0.25) is 0 Å². The van der Waals surface area contributed by atoms with Gasteiger partial charge in [0, 0.05) is 29.2 Å². The van der Waals surface area contributed by atoms with Crippen molar-refractivity contribution in [1.82, 2.24) is 9.88 Å². The first kappa shape index (κ1) is 11.2. The van der Waals surface area contributed by atoms with Crippen molar-refractivity contribution in [2.24, 2.45) is 0 Å². The molecule has 0 fully saturated rings. The first-order valence-electron chi connectivity index (χ1n) is 5.92. The Kier molecular flexibility index (Phi) is 3.01. The Morgan fingerprint density at radius 1 is 1.12 bits per heavy atom. The lowest BCUT2D eigenvalue weighted by atomic mass is 10.0. The molecule has 0 aliphatic carbocycles. The first-order chi connectivity index (χ1) is 7.65. The molecule has 0 aliphatic rings. The van der Waals surface area contributed by atoms with Crippen molar-refractivity contribution >= 4 is 10.9 Å². The van der Waals surface area contributed by atoms with Gasteiger partial charge >= 0.3 is 0 Å². The van der Waals surface area contributed by atoms with Crippen LogP contribution in [0.5, 0.6) is 0 Å². The minimum Gasteiger partial charge on any atom is -0.345 e. The van der Waals surface area contributed by atoms with E-state index in [0.29, 0.717) is 12.1 Å². The van der Waals surface area contributed by atoms with Gasteiger partial charge in [0.25, 0.3) is 0 Å². The molecule has 2 aromatic rings. The summed E-state index contributed by atoms with van der Waals surface area (Å²) in [7, 11) is 2.00. The van der Waals surface area contributed by atoms with E-state index in [1.807, 2.05) is 7.05 Å². The summed E-state index contributed by atoms with van der Waals surface area (Å²) < 4.78 is 2.32. The van der Waals surface area contributed by atoms with Crippen molar-refractivity contribution < 1.29 is 0 Å². The second-order valence-electron chi connectivity index (χ2n) is 4.61. The predicted molar refractivity (Wildman–Crippen MR) is 69.8 cm³/mol. The third-order valence-electron chi connectivity index (χ3n) is 3.25. The van der Waals surface area contributed by atoms with E-state index < -0.39 is 0 Å². The second-order valence-corrected chi connectivity index (χ2v) is 4.61. The molecule has 2 rings (SSSR count). The van der Waals surface area contributed by atoms with E-state index in [4.69, 9.17) is 0 Å². The lowest BCUT2D eigenvalue weighted by Crippen LogP contribution is -2.12. The first-order valence-corrected chi connectivity index (χ1v) is 5.92. The summed E-state index contributed by atoms with van der Waals surface area (Å²) in [4.78, 5) is 0. The molecule has 0 saturated carbocycles. The highest BCUT2D eigenvalue weighted by Gasteiger charge is 2.10. The fraction of sp³-hybridized carbons (Fsp3) is 0.429. The highest BCUT2D eigenvalue weighted by molar-refractivity contribution is 5.84. The van der Waals surface area contributed by atoms with Crippen molar-refractivity contribution in [2.45, 2.75) is 32.9 Å². The maximum absolute atomic E-state index is 3.30. The number of nitrogens with zero attached hydrogens (tertiary/aromatic N) is 1. The monoisotopic (exact) mass is 216 g/mol. The van der Waals surface area contributed by atoms with Crippen LogP contribution in [0.1, 0.15) is 38.4 Å². The molecule has 0 saturated heterocycles. The number of aromatic nitrogens is 1. The standard InChI is InChI=1S/C14H20N2/c1-10(2)16-9-8-13-12(11(3)15-4)6-5-7-14(13)16/h5-11,15H,1-4H3. The quantitative estimate of drug-likeness (QED) is 0.831. The molecule has 1 aromatic carbocycles. The van der Waals surface area contributed by atoms with Gasteiger partial charge in [0.05, 0.1) is 0 Å². The predicted octanol–water partition coefficient (Wildman–Crippen LogP) is 3.50. The van der Waals surface area contributed by atoms with Crippen LogP contribution >= 0.6 is 0 Å². The number of nitrogens with one attached hydrogen (secondary N) is 1. The van der Waals surface area contributed by atoms with Gasteiger partial charge in [-0.15, -0.1) is 0 Å². The lowest BCUT2D eigenvalue weighted by Gasteiger charge is -2.14. The third-order valence-corrected chi connectivity index (χ3v) is 3.25. The summed E-state index contributed by atoms with van der Waals surface area (Å²) in [6.07, 6.45) is 2.18. The second kappa shape index (κ2) is 4.30. The molecule has 0 spiro atoms. The zero-order chi connectivity index (χ0) is 11.7. The number of hydrogen-bond donors (Lipinski definition) is 1. The van der Waals surface area contributed by atoms with Crippen LogP contribution in [0.25, 0.3) is 10.9 Å². The molecular formula is C14H20N2. The van der Waals surface area contributed by atoms with Crippen molar-refractivity contribution in [1.29, 1.82) is 0 Å². The summed E-state index contributed by atoms with van der Waals surface area (Å²) in [6.45, 7) is 6.63. The van der Waals surface area contributed by atoms with E-state index in [1.165, 1.54) is 16.5 Å². The zero-order valence-electron chi connectivity index (χ0n) is 10.5. The molecular weight excluding hydrogens is 196 g/mol. The summed E-state index contributed by atoms with van der Waals surface area (Å²) in [5.41, 5.74) is 2.70. The van der Waals surface area contributed by atoms with Crippen LogP contribution < -0.4 is 5.32 Å². The van der Waals surface area contributed by atoms with Crippen molar-refractivity contribution in [3.05, 3.63) is 36.0 Å². The summed E-state index contributed by atoms with van der Waals surface area (Å²) in [5.74, 6) is 0. The van der Waals surface area contributed by atoms with E-state index in [0.717, 1.165) is 0 Å². The molecule has 1 N–H and O–H groups in total. The van der Waals surface area contributed by atoms with Gasteiger partial charge in [-0.1, -0.05) is 12.1 Å². The van der Waals surface area contributed by atoms with Gasteiger partial charge in [-0.2, -0.15) is 0 Å². The highest BCUT2D eigenvalue weighted by atomic mass is 15.0. The highest BCUT2D eigenvalue weighted by Crippen LogP contribution is 2.26. The van der Waals surface area contributed by atoms with Crippen molar-refractivity contribution in [3.8, 4) is 0 Å². The van der Waals surface area contributed by atoms with Crippen LogP contribution in [-0.2, 0) is 0 Å². The Labute approximate surface area is 97.3 Å². The van der Waals surface area contributed by atoms with Gasteiger partial charge in [-0.05, 0) is 45.5 Å². The minimum absolute atomic E-state index is 0.395. The third kappa shape index (κ3) is 1.74. The van der Waals surface area contributed by atoms with Gasteiger partial charge in [0.15, 0.2) is 0 Å². The Morgan fingerprint density at radius 2 is 1.88 bits per heavy atom. The molecule has 1 heterocycles. The molecule has 16 heavy (non-hydrogen) atoms. The Balaban J connectivity index is 2.62. The molecule has 2 heteroatoms. The van der Waals surface area contributed by atoms with Crippen LogP contribution in [-0.4, -0.2) is 11.6 Å². The van der Waals surface area contributed by atoms with Crippen LogP contribution in [0.3, 0.4) is 0 Å². The van der Waals surface area contributed by atoms with Crippen LogP contribution in [0.4, 0.5) is 0 Å². The van der Waals surface area contributed by atoms with E-state index in [-0.39, 0.29) is 0 Å². The number of benzene rings is 1. The van der Waals surface area contributed by atoms with Crippen LogP contribution in [0.15, 0.2) is 30.5 Å². The number of fused-ring (bicyclic) bond motifs is 1. The summed E-state index contributed by atoms with van der Waals surface area (Å²) in [6, 6.07) is 9.67. The maximum atomic E-state index is 3.30. The summed E-state index contributed by atoms with van der Waals surface area (Å²) >= 11 is 0. The Hall–Kier alpha value is -1.28. The van der Waals surface area contributed by atoms with Crippen molar-refractivity contribution in [3.63, 3.8) is 0 Å². The van der Waals surface area contributed by atoms with E-state index >= 15 is 0 Å². The van der Waals surface area contributed by atoms with E-state index in [1.54, 1.807) is 0 Å². The van der Waals surface area contributed by atoms with Crippen molar-refractivity contribution in [2.75, 3.05) is 7.05 Å². The fourth-order valence-corrected chi connectivity index (χ4v) is 2.20. The van der Waals surface area contributed by atoms with Crippen LogP contribution in [0, 0.1) is 0 Å². The molecule has 1 atom stereocenters. The zero-order valence-corrected chi connectivity index (χ0v) is 10.5. The molecule has 0 bridgehead atoms. The van der Waals surface area contributed by atoms with E-state index in [2.05, 4.69) is 61.1 Å². The van der Waals surface area contributed by atoms with Gasteiger partial charge in [-0.3, -0.25) is 0 Å². The van der Waals surface area contributed by atoms with Gasteiger partial charge in [-0.25, -0.2) is 0 Å². The molecule has 0 amide bonds. The van der Waals surface area contributed by atoms with Gasteiger partial charge in [0.1, 0.15) is 0 Å². The van der Waals surface area contributed by atoms with E-state index in [9.17, 15) is 0 Å². The molecule has 1 unspecified atom stereocenters. The topological polar surface area (TPSA) is 17.0 Å². The number of hydrogen-bond acceptors (Lipinski definition) is 1. The maximum Gasteiger partial charge on any atom is 0.0486 e. The average molecular weight is 216 g/mol. The van der Waals surface area contributed by atoms with Gasteiger partial charge in [0.2, 0.25) is 0 Å². The largest absolute Gasteiger partial charge is 0.345 e. The lowest BCUT2D eigenvalue weighted by molar-refractivity contribution is 0.622. The molecule has 0 radical (unpaired) electrons. The fourth-order valence-electron chi connectivity index (χ4n) is 2.20. The van der Waals surface area contributed by atoms with Gasteiger partial charge < -0.3 is 9.88 Å². The molecule has 86 valence electrons. The Morgan fingerprint density at radius 3 is 2.50 bits per heavy atom. The normalized spacial score (nSPS) is 13.6. The molecule has 2 nitrogen and oxygen atoms in total. The molecule has 1 aromatic heterocycles.